The third-order valence-corrected chi connectivity index (χ3v) is 3.79. The summed E-state index contributed by atoms with van der Waals surface area (Å²) in [5, 5.41) is 3.50. The SMILES string of the molecule is CCCNC(C1=CCCO1)c1ccc(Cl)s1. The minimum Gasteiger partial charge on any atom is -0.496 e. The zero-order chi connectivity index (χ0) is 11.4. The fraction of sp³-hybridized carbons (Fsp3) is 0.500. The summed E-state index contributed by atoms with van der Waals surface area (Å²) >= 11 is 7.59. The molecule has 2 rings (SSSR count). The molecule has 1 aromatic rings. The minimum atomic E-state index is 0.181. The second-order valence-corrected chi connectivity index (χ2v) is 5.52. The van der Waals surface area contributed by atoms with Gasteiger partial charge in [0.15, 0.2) is 0 Å². The molecule has 16 heavy (non-hydrogen) atoms. The van der Waals surface area contributed by atoms with Crippen molar-refractivity contribution in [3.05, 3.63) is 33.2 Å². The first-order valence-electron chi connectivity index (χ1n) is 5.62. The Morgan fingerprint density at radius 1 is 1.56 bits per heavy atom. The quantitative estimate of drug-likeness (QED) is 0.868. The molecule has 0 bridgehead atoms. The summed E-state index contributed by atoms with van der Waals surface area (Å²) in [6, 6.07) is 4.19. The predicted octanol–water partition coefficient (Wildman–Crippen LogP) is 3.75. The molecule has 0 aliphatic carbocycles. The van der Waals surface area contributed by atoms with Gasteiger partial charge in [-0.25, -0.2) is 0 Å². The largest absolute Gasteiger partial charge is 0.496 e. The average molecular weight is 258 g/mol. The summed E-state index contributed by atoms with van der Waals surface area (Å²) in [6.07, 6.45) is 4.29. The lowest BCUT2D eigenvalue weighted by molar-refractivity contribution is 0.216. The molecule has 0 aromatic carbocycles. The van der Waals surface area contributed by atoms with Gasteiger partial charge in [0.05, 0.1) is 17.0 Å². The van der Waals surface area contributed by atoms with Crippen molar-refractivity contribution in [1.29, 1.82) is 0 Å². The molecule has 2 heterocycles. The Hall–Kier alpha value is -0.510. The molecule has 0 saturated heterocycles. The van der Waals surface area contributed by atoms with Crippen LogP contribution in [0.15, 0.2) is 24.0 Å². The van der Waals surface area contributed by atoms with Gasteiger partial charge in [-0.1, -0.05) is 18.5 Å². The number of hydrogen-bond acceptors (Lipinski definition) is 3. The summed E-state index contributed by atoms with van der Waals surface area (Å²) in [5.74, 6) is 1.05. The van der Waals surface area contributed by atoms with Crippen LogP contribution in [-0.4, -0.2) is 13.2 Å². The van der Waals surface area contributed by atoms with Crippen LogP contribution in [0.4, 0.5) is 0 Å². The summed E-state index contributed by atoms with van der Waals surface area (Å²) in [5.41, 5.74) is 0. The van der Waals surface area contributed by atoms with Gasteiger partial charge in [0, 0.05) is 11.3 Å². The second kappa shape index (κ2) is 5.71. The molecule has 1 N–H and O–H groups in total. The number of rotatable bonds is 5. The van der Waals surface area contributed by atoms with Gasteiger partial charge in [0.2, 0.25) is 0 Å². The van der Waals surface area contributed by atoms with E-state index < -0.39 is 0 Å². The van der Waals surface area contributed by atoms with Crippen LogP contribution in [0, 0.1) is 0 Å². The number of thiophene rings is 1. The molecule has 0 spiro atoms. The van der Waals surface area contributed by atoms with E-state index in [1.165, 1.54) is 4.88 Å². The molecule has 1 aliphatic rings. The van der Waals surface area contributed by atoms with E-state index in [1.807, 2.05) is 6.07 Å². The third-order valence-electron chi connectivity index (χ3n) is 2.49. The van der Waals surface area contributed by atoms with Crippen LogP contribution in [0.25, 0.3) is 0 Å². The highest BCUT2D eigenvalue weighted by molar-refractivity contribution is 7.16. The average Bonchev–Trinajstić information content (AvgIpc) is 2.91. The number of nitrogens with one attached hydrogen (secondary N) is 1. The summed E-state index contributed by atoms with van der Waals surface area (Å²) in [4.78, 5) is 1.23. The standard InChI is InChI=1S/C12H16ClNOS/c1-2-7-14-12(9-4-3-8-15-9)10-5-6-11(13)16-10/h4-6,12,14H,2-3,7-8H2,1H3. The van der Waals surface area contributed by atoms with Crippen LogP contribution >= 0.6 is 22.9 Å². The zero-order valence-corrected chi connectivity index (χ0v) is 10.9. The third kappa shape index (κ3) is 2.78. The van der Waals surface area contributed by atoms with Crippen molar-refractivity contribution >= 4 is 22.9 Å². The lowest BCUT2D eigenvalue weighted by Crippen LogP contribution is -2.23. The number of hydrogen-bond donors (Lipinski definition) is 1. The Balaban J connectivity index is 2.13. The maximum atomic E-state index is 5.98. The van der Waals surface area contributed by atoms with Gasteiger partial charge < -0.3 is 10.1 Å². The fourth-order valence-electron chi connectivity index (χ4n) is 1.75. The first-order valence-corrected chi connectivity index (χ1v) is 6.82. The topological polar surface area (TPSA) is 21.3 Å². The van der Waals surface area contributed by atoms with Crippen molar-refractivity contribution in [2.45, 2.75) is 25.8 Å². The molecule has 0 fully saturated rings. The zero-order valence-electron chi connectivity index (χ0n) is 9.33. The molecular weight excluding hydrogens is 242 g/mol. The molecule has 0 amide bonds. The maximum absolute atomic E-state index is 5.98. The van der Waals surface area contributed by atoms with Gasteiger partial charge in [0.25, 0.3) is 0 Å². The van der Waals surface area contributed by atoms with Crippen molar-refractivity contribution in [3.63, 3.8) is 0 Å². The normalized spacial score (nSPS) is 17.0. The minimum absolute atomic E-state index is 0.181. The number of ether oxygens (including phenoxy) is 1. The second-order valence-electron chi connectivity index (χ2n) is 3.77. The Kier molecular flexibility index (Phi) is 4.27. The number of halogens is 1. The van der Waals surface area contributed by atoms with Crippen molar-refractivity contribution in [2.75, 3.05) is 13.2 Å². The van der Waals surface area contributed by atoms with E-state index in [0.717, 1.165) is 36.1 Å². The van der Waals surface area contributed by atoms with Crippen LogP contribution in [0.1, 0.15) is 30.7 Å². The monoisotopic (exact) mass is 257 g/mol. The Morgan fingerprint density at radius 3 is 3.00 bits per heavy atom. The molecule has 1 aromatic heterocycles. The van der Waals surface area contributed by atoms with E-state index in [-0.39, 0.29) is 6.04 Å². The molecule has 0 radical (unpaired) electrons. The molecule has 0 saturated carbocycles. The Bertz CT molecular complexity index is 375. The maximum Gasteiger partial charge on any atom is 0.114 e. The van der Waals surface area contributed by atoms with Crippen LogP contribution < -0.4 is 5.32 Å². The summed E-state index contributed by atoms with van der Waals surface area (Å²) in [7, 11) is 0. The van der Waals surface area contributed by atoms with Gasteiger partial charge in [-0.05, 0) is 31.2 Å². The van der Waals surface area contributed by atoms with Crippen molar-refractivity contribution < 1.29 is 4.74 Å². The fourth-order valence-corrected chi connectivity index (χ4v) is 2.90. The summed E-state index contributed by atoms with van der Waals surface area (Å²) < 4.78 is 6.47. The van der Waals surface area contributed by atoms with Crippen molar-refractivity contribution in [1.82, 2.24) is 5.32 Å². The molecular formula is C12H16ClNOS. The van der Waals surface area contributed by atoms with E-state index in [9.17, 15) is 0 Å². The molecule has 2 nitrogen and oxygen atoms in total. The van der Waals surface area contributed by atoms with Crippen molar-refractivity contribution in [3.8, 4) is 0 Å². The van der Waals surface area contributed by atoms with Crippen LogP contribution in [0.3, 0.4) is 0 Å². The first kappa shape index (κ1) is 12.0. The lowest BCUT2D eigenvalue weighted by atomic mass is 10.2. The van der Waals surface area contributed by atoms with Crippen LogP contribution in [0.5, 0.6) is 0 Å². The van der Waals surface area contributed by atoms with Gasteiger partial charge in [-0.2, -0.15) is 0 Å². The highest BCUT2D eigenvalue weighted by atomic mass is 35.5. The summed E-state index contributed by atoms with van der Waals surface area (Å²) in [6.45, 7) is 3.95. The van der Waals surface area contributed by atoms with E-state index in [2.05, 4.69) is 24.4 Å². The molecule has 88 valence electrons. The van der Waals surface area contributed by atoms with E-state index >= 15 is 0 Å². The van der Waals surface area contributed by atoms with Crippen LogP contribution in [0.2, 0.25) is 4.34 Å². The smallest absolute Gasteiger partial charge is 0.114 e. The highest BCUT2D eigenvalue weighted by Gasteiger charge is 2.21. The predicted molar refractivity (Wildman–Crippen MR) is 69.0 cm³/mol. The molecule has 1 atom stereocenters. The van der Waals surface area contributed by atoms with Gasteiger partial charge in [-0.15, -0.1) is 11.3 Å². The lowest BCUT2D eigenvalue weighted by Gasteiger charge is -2.18. The van der Waals surface area contributed by atoms with E-state index in [1.54, 1.807) is 11.3 Å². The Morgan fingerprint density at radius 2 is 2.44 bits per heavy atom. The van der Waals surface area contributed by atoms with Crippen LogP contribution in [-0.2, 0) is 4.74 Å². The molecule has 4 heteroatoms. The molecule has 1 aliphatic heterocycles. The van der Waals surface area contributed by atoms with Gasteiger partial charge in [0.1, 0.15) is 5.76 Å². The highest BCUT2D eigenvalue weighted by Crippen LogP contribution is 2.33. The van der Waals surface area contributed by atoms with Crippen molar-refractivity contribution in [2.24, 2.45) is 0 Å². The van der Waals surface area contributed by atoms with E-state index in [4.69, 9.17) is 16.3 Å². The first-order chi connectivity index (χ1) is 7.81. The Labute approximate surface area is 105 Å². The van der Waals surface area contributed by atoms with Gasteiger partial charge >= 0.3 is 0 Å². The van der Waals surface area contributed by atoms with Gasteiger partial charge in [-0.3, -0.25) is 0 Å². The van der Waals surface area contributed by atoms with E-state index in [0.29, 0.717) is 0 Å². The molecule has 1 unspecified atom stereocenters.